The Hall–Kier alpha value is -0.930. The van der Waals surface area contributed by atoms with Crippen molar-refractivity contribution >= 4 is 23.0 Å². The Morgan fingerprint density at radius 3 is 2.72 bits per heavy atom. The molecule has 1 atom stereocenters. The van der Waals surface area contributed by atoms with Crippen molar-refractivity contribution in [3.63, 3.8) is 0 Å². The van der Waals surface area contributed by atoms with Crippen LogP contribution in [0.5, 0.6) is 0 Å². The summed E-state index contributed by atoms with van der Waals surface area (Å²) in [7, 11) is 0. The Balaban J connectivity index is 1.97. The molecule has 3 N–H and O–H groups in total. The molecule has 1 aliphatic heterocycles. The van der Waals surface area contributed by atoms with Crippen LogP contribution in [0.15, 0.2) is 12.1 Å². The zero-order valence-corrected chi connectivity index (χ0v) is 11.9. The molecule has 2 rings (SSSR count). The lowest BCUT2D eigenvalue weighted by molar-refractivity contribution is 0.328. The molecule has 1 aromatic carbocycles. The molecule has 1 aromatic rings. The van der Waals surface area contributed by atoms with Gasteiger partial charge in [0.1, 0.15) is 0 Å². The van der Waals surface area contributed by atoms with Gasteiger partial charge in [0.25, 0.3) is 0 Å². The molecule has 0 bridgehead atoms. The standard InChI is InChI=1S/C14H22ClN3/c1-10-7-13(16)12(15)8-14(10)17-11(2)9-18-5-3-4-6-18/h7-8,11,17H,3-6,9,16H2,1-2H3. The first-order valence-electron chi connectivity index (χ1n) is 6.61. The molecule has 0 amide bonds. The van der Waals surface area contributed by atoms with Gasteiger partial charge in [0.15, 0.2) is 0 Å². The summed E-state index contributed by atoms with van der Waals surface area (Å²) in [6.07, 6.45) is 2.67. The van der Waals surface area contributed by atoms with Crippen molar-refractivity contribution in [1.29, 1.82) is 0 Å². The van der Waals surface area contributed by atoms with Gasteiger partial charge in [-0.25, -0.2) is 0 Å². The summed E-state index contributed by atoms with van der Waals surface area (Å²) in [5.41, 5.74) is 8.66. The van der Waals surface area contributed by atoms with E-state index in [0.717, 1.165) is 17.8 Å². The molecule has 1 saturated heterocycles. The number of nitrogens with two attached hydrogens (primary N) is 1. The van der Waals surface area contributed by atoms with Crippen LogP contribution in [-0.4, -0.2) is 30.6 Å². The Kier molecular flexibility index (Phi) is 4.36. The molecule has 4 heteroatoms. The van der Waals surface area contributed by atoms with Gasteiger partial charge in [-0.15, -0.1) is 0 Å². The van der Waals surface area contributed by atoms with Gasteiger partial charge in [-0.1, -0.05) is 11.6 Å². The molecule has 0 spiro atoms. The number of rotatable bonds is 4. The number of nitrogens with zero attached hydrogens (tertiary/aromatic N) is 1. The van der Waals surface area contributed by atoms with Crippen LogP contribution in [-0.2, 0) is 0 Å². The number of halogens is 1. The predicted octanol–water partition coefficient (Wildman–Crippen LogP) is 3.13. The molecule has 0 saturated carbocycles. The first-order valence-corrected chi connectivity index (χ1v) is 6.98. The van der Waals surface area contributed by atoms with Gasteiger partial charge < -0.3 is 16.0 Å². The van der Waals surface area contributed by atoms with Crippen LogP contribution in [0.2, 0.25) is 5.02 Å². The Bertz CT molecular complexity index is 414. The Morgan fingerprint density at radius 2 is 2.06 bits per heavy atom. The number of likely N-dealkylation sites (tertiary alicyclic amines) is 1. The van der Waals surface area contributed by atoms with Gasteiger partial charge in [0.2, 0.25) is 0 Å². The average Bonchev–Trinajstić information content (AvgIpc) is 2.78. The van der Waals surface area contributed by atoms with Crippen LogP contribution < -0.4 is 11.1 Å². The third-order valence-corrected chi connectivity index (χ3v) is 3.80. The van der Waals surface area contributed by atoms with Gasteiger partial charge in [0, 0.05) is 18.3 Å². The van der Waals surface area contributed by atoms with Crippen molar-refractivity contribution in [3.8, 4) is 0 Å². The third-order valence-electron chi connectivity index (χ3n) is 3.48. The normalized spacial score (nSPS) is 17.9. The number of nitrogens with one attached hydrogen (secondary N) is 1. The summed E-state index contributed by atoms with van der Waals surface area (Å²) >= 11 is 6.06. The number of nitrogen functional groups attached to an aromatic ring is 1. The van der Waals surface area contributed by atoms with E-state index in [1.807, 2.05) is 12.1 Å². The van der Waals surface area contributed by atoms with E-state index in [-0.39, 0.29) is 0 Å². The van der Waals surface area contributed by atoms with Gasteiger partial charge in [0.05, 0.1) is 10.7 Å². The second kappa shape index (κ2) is 5.81. The van der Waals surface area contributed by atoms with Crippen LogP contribution >= 0.6 is 11.6 Å². The first kappa shape index (κ1) is 13.5. The lowest BCUT2D eigenvalue weighted by Crippen LogP contribution is -2.33. The topological polar surface area (TPSA) is 41.3 Å². The monoisotopic (exact) mass is 267 g/mol. The van der Waals surface area contributed by atoms with Crippen LogP contribution in [0.1, 0.15) is 25.3 Å². The summed E-state index contributed by atoms with van der Waals surface area (Å²) in [6.45, 7) is 7.81. The quantitative estimate of drug-likeness (QED) is 0.824. The summed E-state index contributed by atoms with van der Waals surface area (Å²) in [5.74, 6) is 0. The second-order valence-electron chi connectivity index (χ2n) is 5.24. The van der Waals surface area contributed by atoms with E-state index in [2.05, 4.69) is 24.1 Å². The zero-order valence-electron chi connectivity index (χ0n) is 11.2. The molecule has 1 aliphatic rings. The molecule has 1 heterocycles. The van der Waals surface area contributed by atoms with Crippen molar-refractivity contribution in [3.05, 3.63) is 22.7 Å². The summed E-state index contributed by atoms with van der Waals surface area (Å²) in [5, 5.41) is 4.15. The number of hydrogen-bond acceptors (Lipinski definition) is 3. The van der Waals surface area contributed by atoms with E-state index in [1.54, 1.807) is 0 Å². The van der Waals surface area contributed by atoms with Crippen LogP contribution in [0.4, 0.5) is 11.4 Å². The molecule has 0 aromatic heterocycles. The van der Waals surface area contributed by atoms with Gasteiger partial charge in [-0.05, 0) is 57.5 Å². The van der Waals surface area contributed by atoms with Crippen molar-refractivity contribution in [2.45, 2.75) is 32.7 Å². The maximum absolute atomic E-state index is 6.06. The highest BCUT2D eigenvalue weighted by Gasteiger charge is 2.15. The Labute approximate surface area is 114 Å². The maximum atomic E-state index is 6.06. The van der Waals surface area contributed by atoms with E-state index >= 15 is 0 Å². The van der Waals surface area contributed by atoms with E-state index in [9.17, 15) is 0 Å². The SMILES string of the molecule is Cc1cc(N)c(Cl)cc1NC(C)CN1CCCC1. The second-order valence-corrected chi connectivity index (χ2v) is 5.65. The highest BCUT2D eigenvalue weighted by atomic mass is 35.5. The van der Waals surface area contributed by atoms with E-state index in [4.69, 9.17) is 17.3 Å². The lowest BCUT2D eigenvalue weighted by atomic mass is 10.1. The number of aryl methyl sites for hydroxylation is 1. The lowest BCUT2D eigenvalue weighted by Gasteiger charge is -2.23. The minimum absolute atomic E-state index is 0.418. The summed E-state index contributed by atoms with van der Waals surface area (Å²) in [6, 6.07) is 4.27. The zero-order chi connectivity index (χ0) is 13.1. The molecule has 18 heavy (non-hydrogen) atoms. The maximum Gasteiger partial charge on any atom is 0.0656 e. The molecule has 0 radical (unpaired) electrons. The van der Waals surface area contributed by atoms with Crippen LogP contribution in [0.25, 0.3) is 0 Å². The van der Waals surface area contributed by atoms with Crippen molar-refractivity contribution in [2.24, 2.45) is 0 Å². The van der Waals surface area contributed by atoms with Gasteiger partial charge in [-0.2, -0.15) is 0 Å². The molecule has 1 unspecified atom stereocenters. The number of benzene rings is 1. The molecule has 0 aliphatic carbocycles. The fourth-order valence-corrected chi connectivity index (χ4v) is 2.69. The fraction of sp³-hybridized carbons (Fsp3) is 0.571. The van der Waals surface area contributed by atoms with Gasteiger partial charge >= 0.3 is 0 Å². The smallest absolute Gasteiger partial charge is 0.0656 e. The van der Waals surface area contributed by atoms with Crippen LogP contribution in [0.3, 0.4) is 0 Å². The van der Waals surface area contributed by atoms with Crippen LogP contribution in [0, 0.1) is 6.92 Å². The van der Waals surface area contributed by atoms with E-state index < -0.39 is 0 Å². The molecular formula is C14H22ClN3. The fourth-order valence-electron chi connectivity index (χ4n) is 2.52. The minimum atomic E-state index is 0.418. The minimum Gasteiger partial charge on any atom is -0.398 e. The predicted molar refractivity (Wildman–Crippen MR) is 79.4 cm³/mol. The number of hydrogen-bond donors (Lipinski definition) is 2. The summed E-state index contributed by atoms with van der Waals surface area (Å²) < 4.78 is 0. The first-order chi connectivity index (χ1) is 8.56. The highest BCUT2D eigenvalue weighted by Crippen LogP contribution is 2.27. The summed E-state index contributed by atoms with van der Waals surface area (Å²) in [4.78, 5) is 2.51. The largest absolute Gasteiger partial charge is 0.398 e. The molecular weight excluding hydrogens is 246 g/mol. The third kappa shape index (κ3) is 3.30. The highest BCUT2D eigenvalue weighted by molar-refractivity contribution is 6.33. The van der Waals surface area contributed by atoms with Gasteiger partial charge in [-0.3, -0.25) is 0 Å². The average molecular weight is 268 g/mol. The van der Waals surface area contributed by atoms with Crippen molar-refractivity contribution in [1.82, 2.24) is 4.90 Å². The van der Waals surface area contributed by atoms with Crippen molar-refractivity contribution < 1.29 is 0 Å². The van der Waals surface area contributed by atoms with E-state index in [0.29, 0.717) is 16.8 Å². The number of anilines is 2. The van der Waals surface area contributed by atoms with Crippen molar-refractivity contribution in [2.75, 3.05) is 30.7 Å². The molecule has 100 valence electrons. The van der Waals surface area contributed by atoms with E-state index in [1.165, 1.54) is 25.9 Å². The Morgan fingerprint density at radius 1 is 1.39 bits per heavy atom. The molecule has 3 nitrogen and oxygen atoms in total. The molecule has 1 fully saturated rings.